The second-order valence-corrected chi connectivity index (χ2v) is 9.25. The molecule has 2 N–H and O–H groups in total. The Bertz CT molecular complexity index is 1530. The first-order valence-electron chi connectivity index (χ1n) is 12.1. The molecule has 3 aromatic rings. The third kappa shape index (κ3) is 5.92. The maximum Gasteiger partial charge on any atom is 0.338 e. The molecule has 0 saturated heterocycles. The van der Waals surface area contributed by atoms with Crippen LogP contribution in [-0.4, -0.2) is 44.0 Å². The van der Waals surface area contributed by atoms with Crippen LogP contribution in [0.25, 0.3) is 0 Å². The van der Waals surface area contributed by atoms with Crippen molar-refractivity contribution < 1.29 is 33.4 Å². The number of nitrogens with one attached hydrogen (secondary N) is 2. The minimum absolute atomic E-state index is 0.162. The number of amides is 3. The number of hydrogen-bond donors (Lipinski definition) is 2. The van der Waals surface area contributed by atoms with Gasteiger partial charge in [0.15, 0.2) is 0 Å². The highest BCUT2D eigenvalue weighted by atomic mass is 35.5. The van der Waals surface area contributed by atoms with Crippen molar-refractivity contribution in [2.45, 2.75) is 20.0 Å². The van der Waals surface area contributed by atoms with Gasteiger partial charge in [0.05, 0.1) is 31.6 Å². The van der Waals surface area contributed by atoms with E-state index in [1.807, 2.05) is 0 Å². The van der Waals surface area contributed by atoms with E-state index in [2.05, 4.69) is 10.6 Å². The standard InChI is InChI=1S/C29H26ClN3O7/c1-16(2)40-29(37)18-8-6-10-20(14-18)32-26(34)17-7-5-9-19(13-17)31-25-24(30)27(35)33(28(25)36)22-15-21(38-3)11-12-23(22)39-4/h5-16,31H,1-4H3,(H,32,34). The summed E-state index contributed by atoms with van der Waals surface area (Å²) in [7, 11) is 2.87. The average molecular weight is 564 g/mol. The fourth-order valence-electron chi connectivity index (χ4n) is 3.89. The predicted octanol–water partition coefficient (Wildman–Crippen LogP) is 4.96. The fraction of sp³-hybridized carbons (Fsp3) is 0.172. The van der Waals surface area contributed by atoms with Crippen LogP contribution < -0.4 is 25.0 Å². The number of hydrogen-bond acceptors (Lipinski definition) is 8. The van der Waals surface area contributed by atoms with Gasteiger partial charge in [0.2, 0.25) is 0 Å². The van der Waals surface area contributed by atoms with E-state index in [-0.39, 0.29) is 33.8 Å². The number of halogens is 1. The maximum absolute atomic E-state index is 13.3. The first-order valence-corrected chi connectivity index (χ1v) is 12.5. The number of ether oxygens (including phenoxy) is 3. The molecule has 0 bridgehead atoms. The summed E-state index contributed by atoms with van der Waals surface area (Å²) in [5, 5.41) is 5.27. The molecule has 40 heavy (non-hydrogen) atoms. The Hall–Kier alpha value is -4.83. The Morgan fingerprint density at radius 2 is 1.52 bits per heavy atom. The number of rotatable bonds is 9. The summed E-state index contributed by atoms with van der Waals surface area (Å²) in [5.41, 5.74) is 1.29. The van der Waals surface area contributed by atoms with Crippen LogP contribution in [0.3, 0.4) is 0 Å². The average Bonchev–Trinajstić information content (AvgIpc) is 3.15. The molecule has 0 fully saturated rings. The number of benzene rings is 3. The highest BCUT2D eigenvalue weighted by molar-refractivity contribution is 6.53. The Labute approximate surface area is 235 Å². The van der Waals surface area contributed by atoms with Crippen molar-refractivity contribution in [3.8, 4) is 11.5 Å². The molecule has 206 valence electrons. The summed E-state index contributed by atoms with van der Waals surface area (Å²) in [4.78, 5) is 52.3. The van der Waals surface area contributed by atoms with Gasteiger partial charge in [-0.05, 0) is 62.4 Å². The summed E-state index contributed by atoms with van der Waals surface area (Å²) >= 11 is 6.28. The van der Waals surface area contributed by atoms with Crippen molar-refractivity contribution >= 4 is 52.4 Å². The lowest BCUT2D eigenvalue weighted by molar-refractivity contribution is -0.120. The van der Waals surface area contributed by atoms with Crippen LogP contribution in [0.1, 0.15) is 34.6 Å². The summed E-state index contributed by atoms with van der Waals surface area (Å²) in [5.74, 6) is -1.73. The number of nitrogens with zero attached hydrogens (tertiary/aromatic N) is 1. The quantitative estimate of drug-likeness (QED) is 0.277. The van der Waals surface area contributed by atoms with E-state index in [4.69, 9.17) is 25.8 Å². The maximum atomic E-state index is 13.3. The van der Waals surface area contributed by atoms with Crippen LogP contribution in [-0.2, 0) is 14.3 Å². The molecular formula is C29H26ClN3O7. The molecule has 11 heteroatoms. The third-order valence-corrected chi connectivity index (χ3v) is 6.10. The van der Waals surface area contributed by atoms with Gasteiger partial charge < -0.3 is 24.8 Å². The number of carbonyl (C=O) groups is 4. The summed E-state index contributed by atoms with van der Waals surface area (Å²) in [6.45, 7) is 3.49. The van der Waals surface area contributed by atoms with Crippen LogP contribution in [0, 0.1) is 0 Å². The van der Waals surface area contributed by atoms with Crippen molar-refractivity contribution in [2.75, 3.05) is 29.8 Å². The topological polar surface area (TPSA) is 123 Å². The minimum Gasteiger partial charge on any atom is -0.497 e. The lowest BCUT2D eigenvalue weighted by Crippen LogP contribution is -2.32. The third-order valence-electron chi connectivity index (χ3n) is 5.75. The molecule has 10 nitrogen and oxygen atoms in total. The summed E-state index contributed by atoms with van der Waals surface area (Å²) in [6, 6.07) is 17.3. The molecule has 1 aliphatic rings. The van der Waals surface area contributed by atoms with E-state index in [0.29, 0.717) is 22.7 Å². The Morgan fingerprint density at radius 1 is 0.850 bits per heavy atom. The highest BCUT2D eigenvalue weighted by Gasteiger charge is 2.40. The Morgan fingerprint density at radius 3 is 2.20 bits per heavy atom. The first-order chi connectivity index (χ1) is 19.1. The first kappa shape index (κ1) is 28.2. The zero-order valence-corrected chi connectivity index (χ0v) is 22.9. The predicted molar refractivity (Wildman–Crippen MR) is 150 cm³/mol. The molecule has 0 atom stereocenters. The molecular weight excluding hydrogens is 538 g/mol. The van der Waals surface area contributed by atoms with Crippen molar-refractivity contribution in [3.05, 3.63) is 88.6 Å². The molecule has 3 amide bonds. The Kier molecular flexibility index (Phi) is 8.40. The second-order valence-electron chi connectivity index (χ2n) is 8.87. The van der Waals surface area contributed by atoms with Gasteiger partial charge in [-0.1, -0.05) is 23.7 Å². The molecule has 0 aliphatic carbocycles. The van der Waals surface area contributed by atoms with E-state index >= 15 is 0 Å². The number of methoxy groups -OCH3 is 2. The van der Waals surface area contributed by atoms with Gasteiger partial charge in [0.25, 0.3) is 17.7 Å². The van der Waals surface area contributed by atoms with Crippen LogP contribution in [0.4, 0.5) is 17.1 Å². The van der Waals surface area contributed by atoms with Gasteiger partial charge in [-0.15, -0.1) is 0 Å². The molecule has 0 unspecified atom stereocenters. The zero-order chi connectivity index (χ0) is 29.0. The van der Waals surface area contributed by atoms with Gasteiger partial charge in [0.1, 0.15) is 22.2 Å². The van der Waals surface area contributed by atoms with Gasteiger partial charge in [-0.25, -0.2) is 9.69 Å². The highest BCUT2D eigenvalue weighted by Crippen LogP contribution is 2.38. The molecule has 0 aromatic heterocycles. The largest absolute Gasteiger partial charge is 0.497 e. The van der Waals surface area contributed by atoms with E-state index in [0.717, 1.165) is 4.90 Å². The number of anilines is 3. The summed E-state index contributed by atoms with van der Waals surface area (Å²) in [6.07, 6.45) is -0.281. The molecule has 1 heterocycles. The molecule has 4 rings (SSSR count). The van der Waals surface area contributed by atoms with Crippen LogP contribution >= 0.6 is 11.6 Å². The SMILES string of the molecule is COc1ccc(OC)c(N2C(=O)C(Cl)=C(Nc3cccc(C(=O)Nc4cccc(C(=O)OC(C)C)c4)c3)C2=O)c1. The van der Waals surface area contributed by atoms with Gasteiger partial charge in [0, 0.05) is 23.0 Å². The molecule has 1 aliphatic heterocycles. The fourth-order valence-corrected chi connectivity index (χ4v) is 4.11. The van der Waals surface area contributed by atoms with Gasteiger partial charge in [-0.3, -0.25) is 14.4 Å². The normalized spacial score (nSPS) is 13.0. The minimum atomic E-state index is -0.745. The van der Waals surface area contributed by atoms with Crippen molar-refractivity contribution in [1.82, 2.24) is 0 Å². The zero-order valence-electron chi connectivity index (χ0n) is 22.1. The molecule has 0 radical (unpaired) electrons. The van der Waals surface area contributed by atoms with Gasteiger partial charge >= 0.3 is 5.97 Å². The smallest absolute Gasteiger partial charge is 0.338 e. The van der Waals surface area contributed by atoms with Crippen LogP contribution in [0.2, 0.25) is 0 Å². The lowest BCUT2D eigenvalue weighted by Gasteiger charge is -2.19. The van der Waals surface area contributed by atoms with E-state index < -0.39 is 23.7 Å². The lowest BCUT2D eigenvalue weighted by atomic mass is 10.1. The van der Waals surface area contributed by atoms with E-state index in [1.165, 1.54) is 32.4 Å². The summed E-state index contributed by atoms with van der Waals surface area (Å²) < 4.78 is 15.7. The Balaban J connectivity index is 1.53. The number of carbonyl (C=O) groups excluding carboxylic acids is 4. The van der Waals surface area contributed by atoms with Crippen molar-refractivity contribution in [1.29, 1.82) is 0 Å². The van der Waals surface area contributed by atoms with E-state index in [9.17, 15) is 19.2 Å². The van der Waals surface area contributed by atoms with E-state index in [1.54, 1.807) is 62.4 Å². The monoisotopic (exact) mass is 563 g/mol. The molecule has 0 saturated carbocycles. The number of imide groups is 1. The van der Waals surface area contributed by atoms with Crippen molar-refractivity contribution in [3.63, 3.8) is 0 Å². The van der Waals surface area contributed by atoms with Crippen LogP contribution in [0.5, 0.6) is 11.5 Å². The van der Waals surface area contributed by atoms with Gasteiger partial charge in [-0.2, -0.15) is 0 Å². The molecule has 0 spiro atoms. The van der Waals surface area contributed by atoms with Crippen molar-refractivity contribution in [2.24, 2.45) is 0 Å². The number of esters is 1. The molecule has 3 aromatic carbocycles. The second kappa shape index (κ2) is 11.9. The van der Waals surface area contributed by atoms with Crippen LogP contribution in [0.15, 0.2) is 77.5 Å².